The molecule has 0 radical (unpaired) electrons. The van der Waals surface area contributed by atoms with Gasteiger partial charge in [-0.25, -0.2) is 0 Å². The molecule has 1 N–H and O–H groups in total. The second-order valence-electron chi connectivity index (χ2n) is 5.55. The van der Waals surface area contributed by atoms with Gasteiger partial charge in [-0.3, -0.25) is 4.79 Å². The first-order valence-electron chi connectivity index (χ1n) is 6.94. The number of amides is 1. The summed E-state index contributed by atoms with van der Waals surface area (Å²) in [5, 5.41) is 3.45. The van der Waals surface area contributed by atoms with E-state index in [4.69, 9.17) is 4.74 Å². The number of nitrogens with one attached hydrogen (secondary N) is 1. The summed E-state index contributed by atoms with van der Waals surface area (Å²) >= 11 is 0. The Morgan fingerprint density at radius 1 is 1.47 bits per heavy atom. The van der Waals surface area contributed by atoms with Crippen LogP contribution in [-0.4, -0.2) is 49.2 Å². The molecule has 0 spiro atoms. The number of fused-ring (bicyclic) bond motifs is 1. The number of ether oxygens (including phenoxy) is 1. The van der Waals surface area contributed by atoms with E-state index in [9.17, 15) is 4.79 Å². The number of nitrogens with zero attached hydrogens (tertiary/aromatic N) is 1. The average Bonchev–Trinajstić information content (AvgIpc) is 3.03. The molecule has 3 unspecified atom stereocenters. The summed E-state index contributed by atoms with van der Waals surface area (Å²) in [5.74, 6) is 1.60. The minimum atomic E-state index is -0.143. The molecule has 0 bridgehead atoms. The molecule has 0 aromatic carbocycles. The van der Waals surface area contributed by atoms with Gasteiger partial charge in [0.1, 0.15) is 6.10 Å². The summed E-state index contributed by atoms with van der Waals surface area (Å²) < 4.78 is 5.54. The number of likely N-dealkylation sites (tertiary alicyclic amines) is 1. The molecule has 17 heavy (non-hydrogen) atoms. The predicted molar refractivity (Wildman–Crippen MR) is 64.6 cm³/mol. The van der Waals surface area contributed by atoms with E-state index in [-0.39, 0.29) is 12.0 Å². The smallest absolute Gasteiger partial charge is 0.251 e. The van der Waals surface area contributed by atoms with Gasteiger partial charge >= 0.3 is 0 Å². The van der Waals surface area contributed by atoms with Gasteiger partial charge in [0, 0.05) is 32.3 Å². The highest BCUT2D eigenvalue weighted by Gasteiger charge is 2.46. The highest BCUT2D eigenvalue weighted by molar-refractivity contribution is 5.82. The summed E-state index contributed by atoms with van der Waals surface area (Å²) in [6, 6.07) is 0.437. The summed E-state index contributed by atoms with van der Waals surface area (Å²) in [7, 11) is 0. The summed E-state index contributed by atoms with van der Waals surface area (Å²) in [4.78, 5) is 14.5. The summed E-state index contributed by atoms with van der Waals surface area (Å²) in [6.07, 6.45) is 2.88. The lowest BCUT2D eigenvalue weighted by Gasteiger charge is -2.28. The Labute approximate surface area is 103 Å². The largest absolute Gasteiger partial charge is 0.368 e. The van der Waals surface area contributed by atoms with E-state index in [1.165, 1.54) is 0 Å². The molecule has 0 saturated carbocycles. The van der Waals surface area contributed by atoms with E-state index in [1.54, 1.807) is 0 Å². The van der Waals surface area contributed by atoms with Crippen molar-refractivity contribution >= 4 is 5.91 Å². The molecule has 96 valence electrons. The fourth-order valence-electron chi connectivity index (χ4n) is 3.76. The average molecular weight is 238 g/mol. The third kappa shape index (κ3) is 1.87. The van der Waals surface area contributed by atoms with Gasteiger partial charge in [-0.2, -0.15) is 0 Å². The van der Waals surface area contributed by atoms with Crippen LogP contribution < -0.4 is 5.32 Å². The van der Waals surface area contributed by atoms with Crippen LogP contribution in [-0.2, 0) is 9.53 Å². The van der Waals surface area contributed by atoms with E-state index >= 15 is 0 Å². The summed E-state index contributed by atoms with van der Waals surface area (Å²) in [6.45, 7) is 6.06. The quantitative estimate of drug-likeness (QED) is 0.767. The van der Waals surface area contributed by atoms with Crippen molar-refractivity contribution in [2.24, 2.45) is 11.8 Å². The molecule has 3 aliphatic heterocycles. The van der Waals surface area contributed by atoms with Crippen LogP contribution in [0.4, 0.5) is 0 Å². The van der Waals surface area contributed by atoms with E-state index in [1.807, 2.05) is 0 Å². The van der Waals surface area contributed by atoms with Crippen molar-refractivity contribution in [3.8, 4) is 0 Å². The molecule has 4 atom stereocenters. The third-order valence-electron chi connectivity index (χ3n) is 4.62. The zero-order valence-corrected chi connectivity index (χ0v) is 10.5. The van der Waals surface area contributed by atoms with Crippen LogP contribution in [0, 0.1) is 11.8 Å². The fourth-order valence-corrected chi connectivity index (χ4v) is 3.76. The normalized spacial score (nSPS) is 40.9. The molecule has 3 saturated heterocycles. The maximum absolute atomic E-state index is 12.4. The van der Waals surface area contributed by atoms with Crippen LogP contribution in [0.3, 0.4) is 0 Å². The number of hydrogen-bond donors (Lipinski definition) is 1. The Hall–Kier alpha value is -0.610. The highest BCUT2D eigenvalue weighted by atomic mass is 16.5. The van der Waals surface area contributed by atoms with Crippen LogP contribution in [0.2, 0.25) is 0 Å². The maximum atomic E-state index is 12.4. The van der Waals surface area contributed by atoms with Crippen molar-refractivity contribution in [1.82, 2.24) is 10.2 Å². The van der Waals surface area contributed by atoms with Crippen molar-refractivity contribution in [2.45, 2.75) is 38.3 Å². The van der Waals surface area contributed by atoms with Crippen LogP contribution in [0.5, 0.6) is 0 Å². The van der Waals surface area contributed by atoms with E-state index < -0.39 is 0 Å². The molecule has 3 aliphatic rings. The van der Waals surface area contributed by atoms with Gasteiger partial charge in [-0.1, -0.05) is 6.92 Å². The predicted octanol–water partition coefficient (Wildman–Crippen LogP) is 0.622. The highest BCUT2D eigenvalue weighted by Crippen LogP contribution is 2.35. The molecular weight excluding hydrogens is 216 g/mol. The first kappa shape index (κ1) is 11.5. The molecule has 4 heteroatoms. The van der Waals surface area contributed by atoms with Crippen LogP contribution in [0.1, 0.15) is 26.2 Å². The topological polar surface area (TPSA) is 41.6 Å². The molecule has 3 fully saturated rings. The van der Waals surface area contributed by atoms with Gasteiger partial charge in [0.15, 0.2) is 0 Å². The van der Waals surface area contributed by atoms with Crippen LogP contribution >= 0.6 is 0 Å². The standard InChI is InChI=1S/C13H22N2O2/c1-2-11-10-7-14-6-9(10)8-15(11)13(16)12-4-3-5-17-12/h9-12,14H,2-8H2,1H3/t9?,10?,11?,12-/m1/s1. The molecular formula is C13H22N2O2. The lowest BCUT2D eigenvalue weighted by Crippen LogP contribution is -2.44. The first-order chi connectivity index (χ1) is 8.31. The van der Waals surface area contributed by atoms with Gasteiger partial charge in [0.25, 0.3) is 5.91 Å². The first-order valence-corrected chi connectivity index (χ1v) is 6.94. The Bertz CT molecular complexity index is 302. The Kier molecular flexibility index (Phi) is 3.09. The van der Waals surface area contributed by atoms with E-state index in [2.05, 4.69) is 17.1 Å². The van der Waals surface area contributed by atoms with Crippen molar-refractivity contribution in [1.29, 1.82) is 0 Å². The van der Waals surface area contributed by atoms with Crippen LogP contribution in [0.15, 0.2) is 0 Å². The second kappa shape index (κ2) is 4.58. The lowest BCUT2D eigenvalue weighted by molar-refractivity contribution is -0.142. The van der Waals surface area contributed by atoms with Gasteiger partial charge in [-0.15, -0.1) is 0 Å². The van der Waals surface area contributed by atoms with Crippen molar-refractivity contribution in [3.05, 3.63) is 0 Å². The van der Waals surface area contributed by atoms with Crippen molar-refractivity contribution in [3.63, 3.8) is 0 Å². The molecule has 3 heterocycles. The van der Waals surface area contributed by atoms with E-state index in [0.29, 0.717) is 17.9 Å². The van der Waals surface area contributed by atoms with Gasteiger partial charge in [0.05, 0.1) is 0 Å². The van der Waals surface area contributed by atoms with Crippen molar-refractivity contribution < 1.29 is 9.53 Å². The Morgan fingerprint density at radius 3 is 3.06 bits per heavy atom. The zero-order valence-electron chi connectivity index (χ0n) is 10.5. The Morgan fingerprint density at radius 2 is 2.35 bits per heavy atom. The van der Waals surface area contributed by atoms with Gasteiger partial charge in [0.2, 0.25) is 0 Å². The monoisotopic (exact) mass is 238 g/mol. The molecule has 0 aromatic heterocycles. The lowest BCUT2D eigenvalue weighted by atomic mass is 9.93. The number of hydrogen-bond acceptors (Lipinski definition) is 3. The van der Waals surface area contributed by atoms with Crippen LogP contribution in [0.25, 0.3) is 0 Å². The minimum absolute atomic E-state index is 0.143. The third-order valence-corrected chi connectivity index (χ3v) is 4.62. The zero-order chi connectivity index (χ0) is 11.8. The molecule has 0 aliphatic carbocycles. The SMILES string of the molecule is CCC1C2CNCC2CN1C(=O)[C@H]1CCCO1. The number of carbonyl (C=O) groups excluding carboxylic acids is 1. The fraction of sp³-hybridized carbons (Fsp3) is 0.923. The molecule has 1 amide bonds. The summed E-state index contributed by atoms with van der Waals surface area (Å²) in [5.41, 5.74) is 0. The molecule has 3 rings (SSSR count). The Balaban J connectivity index is 1.72. The maximum Gasteiger partial charge on any atom is 0.251 e. The molecule has 4 nitrogen and oxygen atoms in total. The van der Waals surface area contributed by atoms with Gasteiger partial charge in [-0.05, 0) is 31.1 Å². The second-order valence-corrected chi connectivity index (χ2v) is 5.55. The minimum Gasteiger partial charge on any atom is -0.368 e. The molecule has 0 aromatic rings. The van der Waals surface area contributed by atoms with Gasteiger partial charge < -0.3 is 15.0 Å². The number of carbonyl (C=O) groups is 1. The van der Waals surface area contributed by atoms with E-state index in [0.717, 1.165) is 45.5 Å². The van der Waals surface area contributed by atoms with Crippen molar-refractivity contribution in [2.75, 3.05) is 26.2 Å². The number of rotatable bonds is 2.